The molecule has 4 rings (SSSR count). The second-order valence-electron chi connectivity index (χ2n) is 8.94. The van der Waals surface area contributed by atoms with Crippen LogP contribution in [-0.4, -0.2) is 58.8 Å². The highest BCUT2D eigenvalue weighted by atomic mass is 79.9. The molecule has 0 unspecified atom stereocenters. The van der Waals surface area contributed by atoms with Gasteiger partial charge in [0.2, 0.25) is 11.8 Å². The number of allylic oxidation sites excluding steroid dienone is 1. The molecule has 0 aromatic heterocycles. The number of hydrogen-bond acceptors (Lipinski definition) is 6. The molecule has 0 radical (unpaired) electrons. The fourth-order valence-corrected chi connectivity index (χ4v) is 5.78. The molecular formula is C23H27BBrNO6. The second-order valence-corrected chi connectivity index (χ2v) is 9.86. The van der Waals surface area contributed by atoms with Crippen molar-refractivity contribution in [3.63, 3.8) is 0 Å². The van der Waals surface area contributed by atoms with Gasteiger partial charge in [-0.25, -0.2) is 0 Å². The predicted octanol–water partition coefficient (Wildman–Crippen LogP) is 2.76. The zero-order chi connectivity index (χ0) is 23.2. The van der Waals surface area contributed by atoms with Gasteiger partial charge in [0.25, 0.3) is 0 Å². The Bertz CT molecular complexity index is 1010. The maximum atomic E-state index is 12.8. The Kier molecular flexibility index (Phi) is 6.63. The SMILES string of the molecule is C/C(=C\c1cc(Br)ccc1O)CC[C@H]1OB(O)C[C@H]2C1=C(CO)C[C@H]1C(=O)N(C)C(=O)[C@H]12. The summed E-state index contributed by atoms with van der Waals surface area (Å²) in [5, 5.41) is 30.6. The van der Waals surface area contributed by atoms with Crippen LogP contribution in [0.25, 0.3) is 6.08 Å². The number of carbonyl (C=O) groups excluding carboxylic acids is 2. The first-order valence-corrected chi connectivity index (χ1v) is 11.6. The Morgan fingerprint density at radius 1 is 1.31 bits per heavy atom. The van der Waals surface area contributed by atoms with E-state index in [1.165, 1.54) is 11.9 Å². The molecule has 4 atom stereocenters. The maximum Gasteiger partial charge on any atom is 0.455 e. The third kappa shape index (κ3) is 4.19. The number of fused-ring (bicyclic) bond motifs is 3. The van der Waals surface area contributed by atoms with E-state index in [4.69, 9.17) is 4.65 Å². The van der Waals surface area contributed by atoms with Crippen LogP contribution < -0.4 is 0 Å². The first-order valence-electron chi connectivity index (χ1n) is 10.8. The van der Waals surface area contributed by atoms with Crippen molar-refractivity contribution in [3.8, 4) is 5.75 Å². The molecule has 1 aromatic rings. The minimum absolute atomic E-state index is 0.189. The number of aliphatic hydroxyl groups excluding tert-OH is 1. The van der Waals surface area contributed by atoms with Crippen LogP contribution in [0.1, 0.15) is 31.7 Å². The third-order valence-electron chi connectivity index (χ3n) is 6.91. The van der Waals surface area contributed by atoms with Crippen molar-refractivity contribution in [2.45, 2.75) is 38.6 Å². The number of phenolic OH excluding ortho intramolecular Hbond substituents is 1. The highest BCUT2D eigenvalue weighted by molar-refractivity contribution is 9.10. The first kappa shape index (κ1) is 23.2. The molecule has 0 saturated carbocycles. The summed E-state index contributed by atoms with van der Waals surface area (Å²) in [6, 6.07) is 5.23. The molecule has 0 bridgehead atoms. The highest BCUT2D eigenvalue weighted by Gasteiger charge is 2.56. The number of carbonyl (C=O) groups is 2. The molecule has 170 valence electrons. The van der Waals surface area contributed by atoms with Gasteiger partial charge in [-0.15, -0.1) is 0 Å². The lowest BCUT2D eigenvalue weighted by atomic mass is 9.58. The van der Waals surface area contributed by atoms with Gasteiger partial charge in [0.15, 0.2) is 0 Å². The standard InChI is InChI=1S/C23H27BBrNO6/c1-12(7-13-8-15(25)4-5-18(13)28)3-6-19-20-14(11-27)9-16-21(17(20)10-24(31)32-19)23(30)26(2)22(16)29/h4-5,7-8,16-17,19,21,27-28,31H,3,6,9-11H2,1-2H3/b12-7+/t16-,17+,19-,21-/m1/s1. The Hall–Kier alpha value is -1.94. The molecular weight excluding hydrogens is 477 g/mol. The van der Waals surface area contributed by atoms with E-state index in [-0.39, 0.29) is 36.4 Å². The summed E-state index contributed by atoms with van der Waals surface area (Å²) in [7, 11) is 0.472. The van der Waals surface area contributed by atoms with Crippen molar-refractivity contribution >= 4 is 40.9 Å². The van der Waals surface area contributed by atoms with Crippen molar-refractivity contribution in [2.24, 2.45) is 17.8 Å². The van der Waals surface area contributed by atoms with Gasteiger partial charge in [-0.3, -0.25) is 14.5 Å². The van der Waals surface area contributed by atoms with E-state index in [1.807, 2.05) is 19.1 Å². The molecule has 2 amide bonds. The van der Waals surface area contributed by atoms with Gasteiger partial charge in [-0.05, 0) is 67.8 Å². The maximum absolute atomic E-state index is 12.8. The summed E-state index contributed by atoms with van der Waals surface area (Å²) in [6.45, 7) is 1.76. The van der Waals surface area contributed by atoms with Crippen molar-refractivity contribution in [1.82, 2.24) is 4.90 Å². The van der Waals surface area contributed by atoms with Gasteiger partial charge in [0.1, 0.15) is 5.75 Å². The predicted molar refractivity (Wildman–Crippen MR) is 123 cm³/mol. The summed E-state index contributed by atoms with van der Waals surface area (Å²) >= 11 is 3.41. The van der Waals surface area contributed by atoms with Crippen molar-refractivity contribution in [3.05, 3.63) is 45.0 Å². The number of imide groups is 1. The lowest BCUT2D eigenvalue weighted by Crippen LogP contribution is -2.46. The molecule has 3 aliphatic rings. The Balaban J connectivity index is 1.58. The molecule has 7 nitrogen and oxygen atoms in total. The van der Waals surface area contributed by atoms with Crippen LogP contribution in [-0.2, 0) is 14.2 Å². The van der Waals surface area contributed by atoms with Gasteiger partial charge in [-0.2, -0.15) is 0 Å². The van der Waals surface area contributed by atoms with Crippen molar-refractivity contribution in [2.75, 3.05) is 13.7 Å². The highest BCUT2D eigenvalue weighted by Crippen LogP contribution is 2.50. The number of benzene rings is 1. The summed E-state index contributed by atoms with van der Waals surface area (Å²) < 4.78 is 6.73. The zero-order valence-electron chi connectivity index (χ0n) is 18.1. The van der Waals surface area contributed by atoms with E-state index < -0.39 is 25.1 Å². The monoisotopic (exact) mass is 503 g/mol. The van der Waals surface area contributed by atoms with Crippen LogP contribution in [0.4, 0.5) is 0 Å². The molecule has 2 heterocycles. The van der Waals surface area contributed by atoms with E-state index in [2.05, 4.69) is 15.9 Å². The first-order chi connectivity index (χ1) is 15.2. The summed E-state index contributed by atoms with van der Waals surface area (Å²) in [4.78, 5) is 26.5. The van der Waals surface area contributed by atoms with Crippen LogP contribution in [0.2, 0.25) is 6.32 Å². The fourth-order valence-electron chi connectivity index (χ4n) is 5.40. The molecule has 2 aliphatic heterocycles. The van der Waals surface area contributed by atoms with E-state index in [0.29, 0.717) is 24.8 Å². The van der Waals surface area contributed by atoms with Crippen LogP contribution in [0.5, 0.6) is 5.75 Å². The quantitative estimate of drug-likeness (QED) is 0.324. The number of rotatable bonds is 5. The van der Waals surface area contributed by atoms with Gasteiger partial charge in [-0.1, -0.05) is 27.6 Å². The van der Waals surface area contributed by atoms with Crippen LogP contribution in [0.15, 0.2) is 39.4 Å². The minimum Gasteiger partial charge on any atom is -0.507 e. The van der Waals surface area contributed by atoms with E-state index in [9.17, 15) is 24.8 Å². The Morgan fingerprint density at radius 2 is 2.06 bits per heavy atom. The molecule has 1 aromatic carbocycles. The topological polar surface area (TPSA) is 107 Å². The smallest absolute Gasteiger partial charge is 0.455 e. The average molecular weight is 504 g/mol. The number of hydrogen-bond donors (Lipinski definition) is 3. The van der Waals surface area contributed by atoms with Crippen molar-refractivity contribution < 1.29 is 29.5 Å². The summed E-state index contributed by atoms with van der Waals surface area (Å²) in [5.74, 6) is -1.54. The van der Waals surface area contributed by atoms with Crippen LogP contribution in [0, 0.1) is 17.8 Å². The van der Waals surface area contributed by atoms with Gasteiger partial charge >= 0.3 is 7.12 Å². The number of likely N-dealkylation sites (tertiary alicyclic amines) is 1. The molecule has 3 N–H and O–H groups in total. The third-order valence-corrected chi connectivity index (χ3v) is 7.40. The second kappa shape index (κ2) is 9.13. The normalized spacial score (nSPS) is 28.3. The Morgan fingerprint density at radius 3 is 2.78 bits per heavy atom. The number of nitrogens with zero attached hydrogens (tertiary/aromatic N) is 1. The number of aliphatic hydroxyl groups is 1. The molecule has 9 heteroatoms. The average Bonchev–Trinajstić information content (AvgIpc) is 2.97. The fraction of sp³-hybridized carbons (Fsp3) is 0.478. The van der Waals surface area contributed by atoms with E-state index in [0.717, 1.165) is 21.2 Å². The number of amides is 2. The Labute approximate surface area is 196 Å². The lowest BCUT2D eigenvalue weighted by molar-refractivity contribution is -0.138. The number of phenols is 1. The van der Waals surface area contributed by atoms with Crippen LogP contribution in [0.3, 0.4) is 0 Å². The van der Waals surface area contributed by atoms with Gasteiger partial charge in [0, 0.05) is 17.1 Å². The molecule has 1 aliphatic carbocycles. The molecule has 0 spiro atoms. The summed E-state index contributed by atoms with van der Waals surface area (Å²) in [6.07, 6.45) is 3.24. The largest absolute Gasteiger partial charge is 0.507 e. The van der Waals surface area contributed by atoms with Gasteiger partial charge in [0.05, 0.1) is 24.5 Å². The van der Waals surface area contributed by atoms with Crippen molar-refractivity contribution in [1.29, 1.82) is 0 Å². The zero-order valence-corrected chi connectivity index (χ0v) is 19.7. The number of aromatic hydroxyl groups is 1. The minimum atomic E-state index is -1.03. The van der Waals surface area contributed by atoms with E-state index >= 15 is 0 Å². The van der Waals surface area contributed by atoms with E-state index in [1.54, 1.807) is 12.1 Å². The lowest BCUT2D eigenvalue weighted by Gasteiger charge is -2.42. The molecule has 2 fully saturated rings. The molecule has 2 saturated heterocycles. The van der Waals surface area contributed by atoms with Crippen LogP contribution >= 0.6 is 15.9 Å². The number of halogens is 1. The summed E-state index contributed by atoms with van der Waals surface area (Å²) in [5.41, 5.74) is 3.34. The molecule has 32 heavy (non-hydrogen) atoms. The van der Waals surface area contributed by atoms with Gasteiger partial charge < -0.3 is 19.9 Å².